The van der Waals surface area contributed by atoms with Crippen molar-refractivity contribution in [2.24, 2.45) is 34.3 Å². The van der Waals surface area contributed by atoms with Crippen LogP contribution in [0.5, 0.6) is 0 Å². The molecule has 2 atom stereocenters. The molecule has 0 radical (unpaired) electrons. The van der Waals surface area contributed by atoms with Crippen LogP contribution in [0.15, 0.2) is 30.3 Å². The van der Waals surface area contributed by atoms with Crippen LogP contribution in [-0.2, 0) is 5.41 Å². The fraction of sp³-hybridized carbons (Fsp3) is 0.741. The Morgan fingerprint density at radius 1 is 1.06 bits per heavy atom. The highest BCUT2D eigenvalue weighted by Gasteiger charge is 2.66. The molecule has 4 bridgehead atoms. The van der Waals surface area contributed by atoms with Crippen molar-refractivity contribution in [1.29, 1.82) is 0 Å². The summed E-state index contributed by atoms with van der Waals surface area (Å²) in [5, 5.41) is 3.91. The monoisotopic (exact) mass is 458 g/mol. The van der Waals surface area contributed by atoms with Crippen molar-refractivity contribution >= 4 is 28.8 Å². The lowest BCUT2D eigenvalue weighted by atomic mass is 9.36. The number of benzene rings is 1. The van der Waals surface area contributed by atoms with Crippen LogP contribution in [0.25, 0.3) is 0 Å². The molecule has 3 N–H and O–H groups in total. The van der Waals surface area contributed by atoms with Crippen LogP contribution in [0, 0.1) is 28.6 Å². The summed E-state index contributed by atoms with van der Waals surface area (Å²) in [6, 6.07) is 11.9. The summed E-state index contributed by atoms with van der Waals surface area (Å²) in [6.07, 6.45) is 12.5. The molecule has 4 heteroatoms. The minimum Gasteiger partial charge on any atom is -0.376 e. The van der Waals surface area contributed by atoms with Crippen molar-refractivity contribution in [3.05, 3.63) is 35.9 Å². The molecular formula is C27H39ClN2S. The topological polar surface area (TPSA) is 38.0 Å². The largest absolute Gasteiger partial charge is 0.376 e. The first kappa shape index (κ1) is 22.2. The molecule has 0 aromatic heterocycles. The Kier molecular flexibility index (Phi) is 5.93. The van der Waals surface area contributed by atoms with E-state index < -0.39 is 0 Å². The van der Waals surface area contributed by atoms with Crippen molar-refractivity contribution in [3.63, 3.8) is 0 Å². The summed E-state index contributed by atoms with van der Waals surface area (Å²) < 4.78 is 0. The van der Waals surface area contributed by atoms with Gasteiger partial charge in [0.25, 0.3) is 0 Å². The van der Waals surface area contributed by atoms with Crippen LogP contribution < -0.4 is 11.1 Å². The Bertz CT molecular complexity index is 785. The molecule has 5 aliphatic rings. The van der Waals surface area contributed by atoms with Crippen molar-refractivity contribution in [2.45, 2.75) is 82.6 Å². The predicted octanol–water partition coefficient (Wildman–Crippen LogP) is 6.20. The van der Waals surface area contributed by atoms with E-state index in [1.807, 2.05) is 0 Å². The minimum atomic E-state index is 0.174. The summed E-state index contributed by atoms with van der Waals surface area (Å²) in [4.78, 5) is 1.19. The van der Waals surface area contributed by atoms with E-state index in [9.17, 15) is 0 Å². The van der Waals surface area contributed by atoms with E-state index in [1.54, 1.807) is 5.56 Å². The Balaban J connectivity index is 1.42. The van der Waals surface area contributed by atoms with E-state index in [1.165, 1.54) is 62.8 Å². The molecule has 5 fully saturated rings. The van der Waals surface area contributed by atoms with Gasteiger partial charge in [0.1, 0.15) is 0 Å². The van der Waals surface area contributed by atoms with E-state index in [-0.39, 0.29) is 5.41 Å². The lowest BCUT2D eigenvalue weighted by molar-refractivity contribution is -0.134. The highest BCUT2D eigenvalue weighted by molar-refractivity contribution is 7.80. The lowest BCUT2D eigenvalue weighted by Gasteiger charge is -2.69. The highest BCUT2D eigenvalue weighted by atomic mass is 35.5. The van der Waals surface area contributed by atoms with Gasteiger partial charge in [0.2, 0.25) is 0 Å². The van der Waals surface area contributed by atoms with E-state index in [0.717, 1.165) is 30.7 Å². The van der Waals surface area contributed by atoms with E-state index in [0.29, 0.717) is 22.8 Å². The predicted molar refractivity (Wildman–Crippen MR) is 135 cm³/mol. The van der Waals surface area contributed by atoms with Crippen LogP contribution in [0.1, 0.15) is 76.7 Å². The van der Waals surface area contributed by atoms with Gasteiger partial charge < -0.3 is 11.1 Å². The van der Waals surface area contributed by atoms with Gasteiger partial charge in [-0.1, -0.05) is 49.5 Å². The molecule has 1 aromatic carbocycles. The van der Waals surface area contributed by atoms with Crippen LogP contribution in [0.4, 0.5) is 0 Å². The minimum absolute atomic E-state index is 0.174. The quantitative estimate of drug-likeness (QED) is 0.393. The fourth-order valence-electron chi connectivity index (χ4n) is 8.29. The third-order valence-electron chi connectivity index (χ3n) is 10.1. The van der Waals surface area contributed by atoms with Gasteiger partial charge in [-0.05, 0) is 105 Å². The number of thiocarbonyl (C=S) groups is 1. The molecule has 31 heavy (non-hydrogen) atoms. The van der Waals surface area contributed by atoms with Crippen molar-refractivity contribution in [1.82, 2.24) is 5.32 Å². The first-order valence-electron chi connectivity index (χ1n) is 12.6. The summed E-state index contributed by atoms with van der Waals surface area (Å²) in [6.45, 7) is 3.38. The number of nitrogens with one attached hydrogen (secondary N) is 1. The van der Waals surface area contributed by atoms with Gasteiger partial charge in [-0.15, -0.1) is 11.6 Å². The van der Waals surface area contributed by atoms with Gasteiger partial charge in [-0.2, -0.15) is 0 Å². The van der Waals surface area contributed by atoms with Crippen molar-refractivity contribution in [3.8, 4) is 0 Å². The van der Waals surface area contributed by atoms with Crippen LogP contribution in [0.2, 0.25) is 0 Å². The number of hydrogen-bond donors (Lipinski definition) is 2. The maximum absolute atomic E-state index is 6.34. The number of alkyl halides is 1. The molecule has 0 amide bonds. The number of nitrogens with two attached hydrogens (primary N) is 1. The molecule has 1 aromatic rings. The zero-order valence-corrected chi connectivity index (χ0v) is 20.6. The first-order valence-corrected chi connectivity index (χ1v) is 13.5. The zero-order chi connectivity index (χ0) is 21.7. The third kappa shape index (κ3) is 3.67. The van der Waals surface area contributed by atoms with Gasteiger partial charge in [-0.25, -0.2) is 0 Å². The molecular weight excluding hydrogens is 420 g/mol. The highest BCUT2D eigenvalue weighted by Crippen LogP contribution is 2.72. The van der Waals surface area contributed by atoms with Crippen LogP contribution in [0.3, 0.4) is 0 Å². The van der Waals surface area contributed by atoms with Crippen LogP contribution in [-0.4, -0.2) is 23.5 Å². The van der Waals surface area contributed by atoms with E-state index >= 15 is 0 Å². The SMILES string of the molecule is CC1(CCCl)C2CC3(C(=S)N[C@H]4CC[C@H](CN)CC4)CC1CC(c1ccccc1)(C2)C3. The summed E-state index contributed by atoms with van der Waals surface area (Å²) in [7, 11) is 0. The molecule has 2 nitrogen and oxygen atoms in total. The molecule has 0 saturated heterocycles. The molecule has 0 spiro atoms. The van der Waals surface area contributed by atoms with Crippen molar-refractivity contribution < 1.29 is 0 Å². The molecule has 5 aliphatic carbocycles. The Morgan fingerprint density at radius 2 is 1.71 bits per heavy atom. The first-order chi connectivity index (χ1) is 14.9. The second kappa shape index (κ2) is 8.29. The summed E-state index contributed by atoms with van der Waals surface area (Å²) in [5.41, 5.74) is 8.31. The van der Waals surface area contributed by atoms with Gasteiger partial charge in [-0.3, -0.25) is 0 Å². The Hall–Kier alpha value is -0.640. The zero-order valence-electron chi connectivity index (χ0n) is 19.0. The molecule has 0 heterocycles. The second-order valence-corrected chi connectivity index (χ2v) is 12.5. The van der Waals surface area contributed by atoms with Gasteiger partial charge in [0.15, 0.2) is 0 Å². The maximum Gasteiger partial charge on any atom is 0.0818 e. The smallest absolute Gasteiger partial charge is 0.0818 e. The molecule has 170 valence electrons. The standard InChI is InChI=1S/C27H39ClN2S/c1-25(11-12-28)21-13-26(20-5-3-2-4-6-20)14-22(25)16-27(15-21,18-26)24(31)30-23-9-7-19(17-29)8-10-23/h2-6,19,21-23H,7-18,29H2,1H3,(H,30,31)/t19-,21?,22?,23-,25?,26?,27?. The van der Waals surface area contributed by atoms with Gasteiger partial charge in [0.05, 0.1) is 4.99 Å². The third-order valence-corrected chi connectivity index (χ3v) is 10.8. The molecule has 6 rings (SSSR count). The average molecular weight is 459 g/mol. The normalized spacial score (nSPS) is 43.7. The van der Waals surface area contributed by atoms with Gasteiger partial charge >= 0.3 is 0 Å². The fourth-order valence-corrected chi connectivity index (χ4v) is 9.10. The van der Waals surface area contributed by atoms with Gasteiger partial charge in [0, 0.05) is 17.3 Å². The van der Waals surface area contributed by atoms with E-state index in [2.05, 4.69) is 42.6 Å². The summed E-state index contributed by atoms with van der Waals surface area (Å²) in [5.74, 6) is 2.94. The average Bonchev–Trinajstić information content (AvgIpc) is 2.78. The van der Waals surface area contributed by atoms with Crippen LogP contribution >= 0.6 is 23.8 Å². The molecule has 2 unspecified atom stereocenters. The van der Waals surface area contributed by atoms with Crippen molar-refractivity contribution in [2.75, 3.05) is 12.4 Å². The number of hydrogen-bond acceptors (Lipinski definition) is 2. The van der Waals surface area contributed by atoms with E-state index in [4.69, 9.17) is 29.6 Å². The Labute approximate surface area is 199 Å². The lowest BCUT2D eigenvalue weighted by Crippen LogP contribution is -2.65. The second-order valence-electron chi connectivity index (χ2n) is 11.7. The molecule has 0 aliphatic heterocycles. The molecule has 5 saturated carbocycles. The Morgan fingerprint density at radius 3 is 2.29 bits per heavy atom. The maximum atomic E-state index is 6.34. The number of halogens is 1. The summed E-state index contributed by atoms with van der Waals surface area (Å²) >= 11 is 12.6. The number of rotatable bonds is 6.